The molecule has 32 heavy (non-hydrogen) atoms. The van der Waals surface area contributed by atoms with Gasteiger partial charge in [-0.25, -0.2) is 17.9 Å². The lowest BCUT2D eigenvalue weighted by Gasteiger charge is -2.19. The van der Waals surface area contributed by atoms with Crippen molar-refractivity contribution in [3.05, 3.63) is 48.5 Å². The molecule has 9 nitrogen and oxygen atoms in total. The van der Waals surface area contributed by atoms with Crippen molar-refractivity contribution in [2.75, 3.05) is 32.1 Å². The number of hydrogen-bond donors (Lipinski definition) is 2. The second-order valence-electron chi connectivity index (χ2n) is 8.28. The lowest BCUT2D eigenvalue weighted by atomic mass is 10.2. The first kappa shape index (κ1) is 25.3. The van der Waals surface area contributed by atoms with E-state index >= 15 is 0 Å². The minimum Gasteiger partial charge on any atom is -0.444 e. The molecule has 2 aromatic carbocycles. The molecule has 2 aromatic rings. The molecule has 0 bridgehead atoms. The Labute approximate surface area is 189 Å². The molecule has 0 fully saturated rings. The summed E-state index contributed by atoms with van der Waals surface area (Å²) >= 11 is 0. The van der Waals surface area contributed by atoms with Crippen LogP contribution < -0.4 is 14.9 Å². The Balaban J connectivity index is 1.83. The number of sulfonamides is 1. The average Bonchev–Trinajstić information content (AvgIpc) is 2.71. The molecule has 0 saturated heterocycles. The van der Waals surface area contributed by atoms with Gasteiger partial charge in [0.1, 0.15) is 5.60 Å². The highest BCUT2D eigenvalue weighted by atomic mass is 32.2. The summed E-state index contributed by atoms with van der Waals surface area (Å²) < 4.78 is 32.5. The van der Waals surface area contributed by atoms with Gasteiger partial charge in [0.05, 0.1) is 16.3 Å². The van der Waals surface area contributed by atoms with E-state index < -0.39 is 21.7 Å². The molecule has 0 heterocycles. The maximum absolute atomic E-state index is 12.4. The lowest BCUT2D eigenvalue weighted by Crippen LogP contribution is -2.34. The summed E-state index contributed by atoms with van der Waals surface area (Å²) in [5, 5.41) is 10.9. The van der Waals surface area contributed by atoms with Crippen LogP contribution in [0.15, 0.2) is 63.7 Å². The van der Waals surface area contributed by atoms with Crippen LogP contribution in [0.4, 0.5) is 21.9 Å². The zero-order valence-electron chi connectivity index (χ0n) is 19.1. The normalized spacial score (nSPS) is 12.0. The van der Waals surface area contributed by atoms with Crippen LogP contribution in [0.5, 0.6) is 0 Å². The van der Waals surface area contributed by atoms with E-state index in [0.717, 1.165) is 5.69 Å². The van der Waals surface area contributed by atoms with Crippen molar-refractivity contribution in [2.45, 2.75) is 37.7 Å². The van der Waals surface area contributed by atoms with Gasteiger partial charge >= 0.3 is 6.09 Å². The topological polar surface area (TPSA) is 112 Å². The molecule has 0 spiro atoms. The van der Waals surface area contributed by atoms with Gasteiger partial charge in [0.25, 0.3) is 0 Å². The van der Waals surface area contributed by atoms with Crippen LogP contribution in [-0.2, 0) is 14.8 Å². The first-order valence-corrected chi connectivity index (χ1v) is 11.7. The molecule has 10 heteroatoms. The predicted molar refractivity (Wildman–Crippen MR) is 125 cm³/mol. The number of alkyl carbamates (subject to hydrolysis) is 1. The smallest absolute Gasteiger partial charge is 0.407 e. The van der Waals surface area contributed by atoms with Crippen LogP contribution in [0.2, 0.25) is 0 Å². The zero-order valence-corrected chi connectivity index (χ0v) is 19.9. The number of ether oxygens (including phenoxy) is 1. The zero-order chi connectivity index (χ0) is 23.8. The van der Waals surface area contributed by atoms with Crippen LogP contribution in [0.1, 0.15) is 27.2 Å². The van der Waals surface area contributed by atoms with E-state index in [-0.39, 0.29) is 11.4 Å². The molecular formula is C22H31N5O4S. The number of carbonyl (C=O) groups is 1. The molecular weight excluding hydrogens is 430 g/mol. The monoisotopic (exact) mass is 461 g/mol. The second kappa shape index (κ2) is 11.1. The van der Waals surface area contributed by atoms with Gasteiger partial charge in [0.2, 0.25) is 10.0 Å². The largest absolute Gasteiger partial charge is 0.444 e. The van der Waals surface area contributed by atoms with Crippen molar-refractivity contribution < 1.29 is 17.9 Å². The van der Waals surface area contributed by atoms with Crippen LogP contribution >= 0.6 is 0 Å². The molecule has 0 radical (unpaired) electrons. The fourth-order valence-electron chi connectivity index (χ4n) is 2.51. The summed E-state index contributed by atoms with van der Waals surface area (Å²) in [6.45, 7) is 5.80. The van der Waals surface area contributed by atoms with Gasteiger partial charge in [-0.2, -0.15) is 10.2 Å². The van der Waals surface area contributed by atoms with E-state index in [4.69, 9.17) is 4.74 Å². The molecule has 174 valence electrons. The number of rotatable bonds is 9. The molecule has 0 unspecified atom stereocenters. The Kier molecular flexibility index (Phi) is 8.73. The summed E-state index contributed by atoms with van der Waals surface area (Å²) in [6.07, 6.45) is -0.101. The maximum Gasteiger partial charge on any atom is 0.407 e. The number of azo groups is 1. The van der Waals surface area contributed by atoms with E-state index in [1.54, 1.807) is 32.9 Å². The van der Waals surface area contributed by atoms with Gasteiger partial charge in [-0.05, 0) is 75.7 Å². The number of amides is 1. The highest BCUT2D eigenvalue weighted by Crippen LogP contribution is 2.22. The summed E-state index contributed by atoms with van der Waals surface area (Å²) in [4.78, 5) is 13.7. The number of carbonyl (C=O) groups excluding carboxylic acids is 1. The van der Waals surface area contributed by atoms with E-state index in [1.807, 2.05) is 43.3 Å². The Bertz CT molecular complexity index is 1010. The summed E-state index contributed by atoms with van der Waals surface area (Å²) in [5.41, 5.74) is 1.73. The SMILES string of the molecule is CN(C)c1ccc(N=Nc2ccc(S(=O)(=O)NCCCNC(=O)OC(C)(C)C)cc2)cc1. The highest BCUT2D eigenvalue weighted by molar-refractivity contribution is 7.89. The summed E-state index contributed by atoms with van der Waals surface area (Å²) in [5.74, 6) is 0. The molecule has 0 aromatic heterocycles. The molecule has 2 rings (SSSR count). The van der Waals surface area contributed by atoms with Crippen LogP contribution in [-0.4, -0.2) is 47.3 Å². The minimum atomic E-state index is -3.66. The number of nitrogens with one attached hydrogen (secondary N) is 2. The maximum atomic E-state index is 12.4. The number of benzene rings is 2. The van der Waals surface area contributed by atoms with Crippen molar-refractivity contribution >= 4 is 33.2 Å². The Morgan fingerprint density at radius 3 is 1.97 bits per heavy atom. The molecule has 0 aliphatic rings. The van der Waals surface area contributed by atoms with E-state index in [1.165, 1.54) is 12.1 Å². The molecule has 0 atom stereocenters. The first-order valence-electron chi connectivity index (χ1n) is 10.2. The van der Waals surface area contributed by atoms with Gasteiger partial charge < -0.3 is 15.0 Å². The molecule has 0 saturated carbocycles. The van der Waals surface area contributed by atoms with Gasteiger partial charge in [-0.3, -0.25) is 0 Å². The predicted octanol–water partition coefficient (Wildman–Crippen LogP) is 4.36. The standard InChI is InChI=1S/C22H31N5O4S/c1-22(2,3)31-21(28)23-15-6-16-24-32(29,30)20-13-9-18(10-14-20)26-25-17-7-11-19(12-8-17)27(4)5/h7-14,24H,6,15-16H2,1-5H3,(H,23,28). The van der Waals surface area contributed by atoms with Crippen molar-refractivity contribution in [1.82, 2.24) is 10.0 Å². The van der Waals surface area contributed by atoms with Crippen LogP contribution in [0.25, 0.3) is 0 Å². The third-order valence-corrected chi connectivity index (χ3v) is 5.58. The Morgan fingerprint density at radius 1 is 0.938 bits per heavy atom. The molecule has 0 aliphatic heterocycles. The molecule has 2 N–H and O–H groups in total. The Morgan fingerprint density at radius 2 is 1.47 bits per heavy atom. The van der Waals surface area contributed by atoms with Gasteiger partial charge in [-0.15, -0.1) is 0 Å². The minimum absolute atomic E-state index is 0.131. The summed E-state index contributed by atoms with van der Waals surface area (Å²) in [6, 6.07) is 13.7. The van der Waals surface area contributed by atoms with Gasteiger partial charge in [0, 0.05) is 32.9 Å². The van der Waals surface area contributed by atoms with E-state index in [2.05, 4.69) is 20.3 Å². The highest BCUT2D eigenvalue weighted by Gasteiger charge is 2.16. The summed E-state index contributed by atoms with van der Waals surface area (Å²) in [7, 11) is 0.263. The average molecular weight is 462 g/mol. The number of hydrogen-bond acceptors (Lipinski definition) is 7. The van der Waals surface area contributed by atoms with Crippen molar-refractivity contribution in [3.8, 4) is 0 Å². The molecule has 1 amide bonds. The lowest BCUT2D eigenvalue weighted by molar-refractivity contribution is 0.0527. The van der Waals surface area contributed by atoms with Crippen LogP contribution in [0, 0.1) is 0 Å². The Hall–Kier alpha value is -2.98. The third-order valence-electron chi connectivity index (χ3n) is 4.11. The second-order valence-corrected chi connectivity index (χ2v) is 10.1. The van der Waals surface area contributed by atoms with Gasteiger partial charge in [0.15, 0.2) is 0 Å². The van der Waals surface area contributed by atoms with Crippen molar-refractivity contribution in [1.29, 1.82) is 0 Å². The van der Waals surface area contributed by atoms with E-state index in [0.29, 0.717) is 24.3 Å². The van der Waals surface area contributed by atoms with Crippen molar-refractivity contribution in [2.24, 2.45) is 10.2 Å². The first-order chi connectivity index (χ1) is 15.0. The van der Waals surface area contributed by atoms with Crippen LogP contribution in [0.3, 0.4) is 0 Å². The fourth-order valence-corrected chi connectivity index (χ4v) is 3.58. The van der Waals surface area contributed by atoms with Crippen molar-refractivity contribution in [3.63, 3.8) is 0 Å². The van der Waals surface area contributed by atoms with Gasteiger partial charge in [-0.1, -0.05) is 0 Å². The third kappa shape index (κ3) is 8.64. The molecule has 0 aliphatic carbocycles. The quantitative estimate of drug-likeness (QED) is 0.426. The van der Waals surface area contributed by atoms with E-state index in [9.17, 15) is 13.2 Å². The number of nitrogens with zero attached hydrogens (tertiary/aromatic N) is 3. The fraction of sp³-hybridized carbons (Fsp3) is 0.409. The number of anilines is 1.